The molecule has 1 rings (SSSR count). The van der Waals surface area contributed by atoms with Crippen LogP contribution in [0.5, 0.6) is 0 Å². The third-order valence-corrected chi connectivity index (χ3v) is 2.95. The monoisotopic (exact) mass is 253 g/mol. The Bertz CT molecular complexity index is 384. The Morgan fingerprint density at radius 2 is 2.00 bits per heavy atom. The number of nitrogens with zero attached hydrogens (tertiary/aromatic N) is 2. The van der Waals surface area contributed by atoms with Crippen LogP contribution in [0.4, 0.5) is 0 Å². The summed E-state index contributed by atoms with van der Waals surface area (Å²) < 4.78 is 5.23. The maximum absolute atomic E-state index is 11.8. The maximum atomic E-state index is 11.8. The first-order chi connectivity index (χ1) is 8.58. The van der Waals surface area contributed by atoms with Crippen LogP contribution in [-0.4, -0.2) is 42.0 Å². The molecule has 0 aliphatic heterocycles. The summed E-state index contributed by atoms with van der Waals surface area (Å²) in [6.45, 7) is 11.5. The highest BCUT2D eigenvalue weighted by Crippen LogP contribution is 2.08. The van der Waals surface area contributed by atoms with Gasteiger partial charge in [-0.3, -0.25) is 4.79 Å². The summed E-state index contributed by atoms with van der Waals surface area (Å²) in [4.78, 5) is 18.2. The maximum Gasteiger partial charge on any atom is 0.273 e. The average molecular weight is 253 g/mol. The molecule has 0 radical (unpaired) electrons. The number of nitrogens with one attached hydrogen (secondary N) is 1. The highest BCUT2D eigenvalue weighted by Gasteiger charge is 2.14. The third-order valence-electron chi connectivity index (χ3n) is 2.95. The molecule has 0 unspecified atom stereocenters. The molecule has 1 heterocycles. The molecule has 0 saturated carbocycles. The number of hydrogen-bond donors (Lipinski definition) is 1. The molecule has 1 aromatic heterocycles. The fourth-order valence-electron chi connectivity index (χ4n) is 1.87. The number of rotatable bonds is 7. The Morgan fingerprint density at radius 3 is 2.50 bits per heavy atom. The molecule has 0 aliphatic carbocycles. The van der Waals surface area contributed by atoms with Gasteiger partial charge in [-0.2, -0.15) is 0 Å². The van der Waals surface area contributed by atoms with E-state index in [0.717, 1.165) is 26.1 Å². The quantitative estimate of drug-likeness (QED) is 0.752. The molecule has 0 spiro atoms. The molecule has 0 saturated heterocycles. The van der Waals surface area contributed by atoms with Gasteiger partial charge in [-0.15, -0.1) is 0 Å². The lowest BCUT2D eigenvalue weighted by molar-refractivity contribution is 0.0946. The van der Waals surface area contributed by atoms with E-state index >= 15 is 0 Å². The zero-order valence-corrected chi connectivity index (χ0v) is 11.7. The van der Waals surface area contributed by atoms with Crippen LogP contribution in [0.2, 0.25) is 0 Å². The largest absolute Gasteiger partial charge is 0.445 e. The van der Waals surface area contributed by atoms with Gasteiger partial charge in [0.1, 0.15) is 5.76 Å². The first-order valence-corrected chi connectivity index (χ1v) is 6.53. The van der Waals surface area contributed by atoms with Gasteiger partial charge in [0.15, 0.2) is 11.6 Å². The normalized spacial score (nSPS) is 10.9. The molecule has 1 N–H and O–H groups in total. The van der Waals surface area contributed by atoms with Gasteiger partial charge < -0.3 is 14.6 Å². The number of hydrogen-bond acceptors (Lipinski definition) is 4. The lowest BCUT2D eigenvalue weighted by atomic mass is 10.3. The van der Waals surface area contributed by atoms with E-state index in [9.17, 15) is 4.79 Å². The number of amides is 1. The van der Waals surface area contributed by atoms with Gasteiger partial charge in [0.25, 0.3) is 5.91 Å². The predicted octanol–water partition coefficient (Wildman–Crippen LogP) is 1.75. The van der Waals surface area contributed by atoms with Gasteiger partial charge in [-0.05, 0) is 33.0 Å². The first-order valence-electron chi connectivity index (χ1n) is 6.53. The van der Waals surface area contributed by atoms with E-state index in [0.29, 0.717) is 23.9 Å². The molecule has 18 heavy (non-hydrogen) atoms. The fourth-order valence-corrected chi connectivity index (χ4v) is 1.87. The summed E-state index contributed by atoms with van der Waals surface area (Å²) in [5.74, 6) is 0.957. The summed E-state index contributed by atoms with van der Waals surface area (Å²) >= 11 is 0. The Kier molecular flexibility index (Phi) is 5.85. The van der Waals surface area contributed by atoms with E-state index in [1.807, 2.05) is 0 Å². The fraction of sp³-hybridized carbons (Fsp3) is 0.692. The SMILES string of the molecule is CCN(CC)CCCNC(=O)c1nc(C)oc1C. The van der Waals surface area contributed by atoms with Crippen LogP contribution in [0, 0.1) is 13.8 Å². The molecule has 0 aliphatic rings. The Labute approximate surface area is 109 Å². The highest BCUT2D eigenvalue weighted by atomic mass is 16.4. The van der Waals surface area contributed by atoms with Gasteiger partial charge in [0, 0.05) is 13.5 Å². The van der Waals surface area contributed by atoms with Crippen molar-refractivity contribution in [2.24, 2.45) is 0 Å². The van der Waals surface area contributed by atoms with Crippen LogP contribution in [0.15, 0.2) is 4.42 Å². The van der Waals surface area contributed by atoms with Crippen LogP contribution in [0.1, 0.15) is 42.4 Å². The zero-order chi connectivity index (χ0) is 13.5. The standard InChI is InChI=1S/C13H23N3O2/c1-5-16(6-2)9-7-8-14-13(17)12-10(3)18-11(4)15-12/h5-9H2,1-4H3,(H,14,17). The molecule has 0 fully saturated rings. The van der Waals surface area contributed by atoms with Crippen molar-refractivity contribution in [2.75, 3.05) is 26.2 Å². The molecule has 5 heteroatoms. The van der Waals surface area contributed by atoms with Crippen molar-refractivity contribution in [3.05, 3.63) is 17.3 Å². The second-order valence-electron chi connectivity index (χ2n) is 4.27. The Morgan fingerprint density at radius 1 is 1.33 bits per heavy atom. The van der Waals surface area contributed by atoms with Gasteiger partial charge in [-0.25, -0.2) is 4.98 Å². The average Bonchev–Trinajstić information content (AvgIpc) is 2.68. The lowest BCUT2D eigenvalue weighted by Gasteiger charge is -2.17. The van der Waals surface area contributed by atoms with E-state index in [1.54, 1.807) is 13.8 Å². The minimum Gasteiger partial charge on any atom is -0.445 e. The van der Waals surface area contributed by atoms with Crippen LogP contribution >= 0.6 is 0 Å². The number of carbonyl (C=O) groups is 1. The van der Waals surface area contributed by atoms with E-state index in [-0.39, 0.29) is 5.91 Å². The molecular weight excluding hydrogens is 230 g/mol. The minimum absolute atomic E-state index is 0.149. The van der Waals surface area contributed by atoms with Crippen LogP contribution in [-0.2, 0) is 0 Å². The molecule has 0 atom stereocenters. The minimum atomic E-state index is -0.149. The van der Waals surface area contributed by atoms with Crippen molar-refractivity contribution >= 4 is 5.91 Å². The van der Waals surface area contributed by atoms with Crippen LogP contribution < -0.4 is 5.32 Å². The molecule has 1 amide bonds. The molecule has 102 valence electrons. The van der Waals surface area contributed by atoms with Crippen LogP contribution in [0.3, 0.4) is 0 Å². The van der Waals surface area contributed by atoms with Crippen molar-refractivity contribution < 1.29 is 9.21 Å². The van der Waals surface area contributed by atoms with Crippen molar-refractivity contribution in [3.8, 4) is 0 Å². The predicted molar refractivity (Wildman–Crippen MR) is 70.7 cm³/mol. The molecule has 1 aromatic rings. The van der Waals surface area contributed by atoms with E-state index in [4.69, 9.17) is 4.42 Å². The Hall–Kier alpha value is -1.36. The number of aromatic nitrogens is 1. The highest BCUT2D eigenvalue weighted by molar-refractivity contribution is 5.93. The summed E-state index contributed by atoms with van der Waals surface area (Å²) in [5, 5.41) is 2.87. The summed E-state index contributed by atoms with van der Waals surface area (Å²) in [5.41, 5.74) is 0.398. The van der Waals surface area contributed by atoms with Gasteiger partial charge >= 0.3 is 0 Å². The summed E-state index contributed by atoms with van der Waals surface area (Å²) in [7, 11) is 0. The van der Waals surface area contributed by atoms with E-state index in [1.165, 1.54) is 0 Å². The molecule has 5 nitrogen and oxygen atoms in total. The number of aryl methyl sites for hydroxylation is 2. The van der Waals surface area contributed by atoms with Gasteiger partial charge in [-0.1, -0.05) is 13.8 Å². The van der Waals surface area contributed by atoms with Gasteiger partial charge in [0.2, 0.25) is 0 Å². The molecule has 0 bridgehead atoms. The zero-order valence-electron chi connectivity index (χ0n) is 11.7. The number of oxazole rings is 1. The topological polar surface area (TPSA) is 58.4 Å². The summed E-state index contributed by atoms with van der Waals surface area (Å²) in [6, 6.07) is 0. The lowest BCUT2D eigenvalue weighted by Crippen LogP contribution is -2.30. The second-order valence-corrected chi connectivity index (χ2v) is 4.27. The molecular formula is C13H23N3O2. The van der Waals surface area contributed by atoms with Crippen molar-refractivity contribution in [3.63, 3.8) is 0 Å². The van der Waals surface area contributed by atoms with Crippen LogP contribution in [0.25, 0.3) is 0 Å². The van der Waals surface area contributed by atoms with Crippen molar-refractivity contribution in [1.82, 2.24) is 15.2 Å². The van der Waals surface area contributed by atoms with E-state index in [2.05, 4.69) is 29.0 Å². The summed E-state index contributed by atoms with van der Waals surface area (Å²) in [6.07, 6.45) is 0.948. The van der Waals surface area contributed by atoms with Crippen molar-refractivity contribution in [1.29, 1.82) is 0 Å². The third kappa shape index (κ3) is 4.14. The second kappa shape index (κ2) is 7.16. The smallest absolute Gasteiger partial charge is 0.273 e. The number of carbonyl (C=O) groups excluding carboxylic acids is 1. The molecule has 0 aromatic carbocycles. The first kappa shape index (κ1) is 14.7. The van der Waals surface area contributed by atoms with E-state index < -0.39 is 0 Å². The Balaban J connectivity index is 2.32. The van der Waals surface area contributed by atoms with Gasteiger partial charge in [0.05, 0.1) is 0 Å². The van der Waals surface area contributed by atoms with Crippen molar-refractivity contribution in [2.45, 2.75) is 34.1 Å².